The summed E-state index contributed by atoms with van der Waals surface area (Å²) in [5.41, 5.74) is 8.70. The van der Waals surface area contributed by atoms with Gasteiger partial charge in [-0.2, -0.15) is 0 Å². The average molecular weight is 262 g/mol. The van der Waals surface area contributed by atoms with Crippen LogP contribution in [0.3, 0.4) is 0 Å². The van der Waals surface area contributed by atoms with Crippen molar-refractivity contribution < 1.29 is 4.74 Å². The molecule has 0 spiro atoms. The van der Waals surface area contributed by atoms with Gasteiger partial charge in [0.2, 0.25) is 0 Å². The Balaban J connectivity index is 2.03. The molecule has 1 unspecified atom stereocenters. The van der Waals surface area contributed by atoms with Crippen LogP contribution in [0.25, 0.3) is 0 Å². The lowest BCUT2D eigenvalue weighted by molar-refractivity contribution is 0.104. The fraction of sp³-hybridized carbons (Fsp3) is 0.625. The van der Waals surface area contributed by atoms with Crippen molar-refractivity contribution in [2.24, 2.45) is 5.73 Å². The van der Waals surface area contributed by atoms with Crippen LogP contribution in [0.1, 0.15) is 30.9 Å². The van der Waals surface area contributed by atoms with Crippen LogP contribution in [0.5, 0.6) is 5.75 Å². The standard InChI is InChI=1S/C16H26N2O/c1-16(11-17,18(2)3)12-19-15-9-8-13-6-4-5-7-14(13)10-15/h8-10H,4-7,11-12,17H2,1-3H3. The molecule has 1 aromatic rings. The lowest BCUT2D eigenvalue weighted by Gasteiger charge is -2.35. The van der Waals surface area contributed by atoms with Crippen molar-refractivity contribution in [1.82, 2.24) is 4.90 Å². The van der Waals surface area contributed by atoms with Gasteiger partial charge in [-0.3, -0.25) is 4.90 Å². The van der Waals surface area contributed by atoms with Gasteiger partial charge in [-0.15, -0.1) is 0 Å². The molecule has 19 heavy (non-hydrogen) atoms. The molecule has 0 bridgehead atoms. The summed E-state index contributed by atoms with van der Waals surface area (Å²) >= 11 is 0. The van der Waals surface area contributed by atoms with Gasteiger partial charge in [0.15, 0.2) is 0 Å². The van der Waals surface area contributed by atoms with Crippen LogP contribution in [0.15, 0.2) is 18.2 Å². The zero-order valence-electron chi connectivity index (χ0n) is 12.4. The van der Waals surface area contributed by atoms with Crippen molar-refractivity contribution in [3.8, 4) is 5.75 Å². The molecule has 0 aliphatic heterocycles. The zero-order valence-corrected chi connectivity index (χ0v) is 12.4. The number of likely N-dealkylation sites (N-methyl/N-ethyl adjacent to an activating group) is 1. The van der Waals surface area contributed by atoms with Gasteiger partial charge in [0.1, 0.15) is 12.4 Å². The molecule has 0 fully saturated rings. The van der Waals surface area contributed by atoms with Gasteiger partial charge in [-0.25, -0.2) is 0 Å². The topological polar surface area (TPSA) is 38.5 Å². The molecule has 0 amide bonds. The number of aryl methyl sites for hydroxylation is 2. The number of ether oxygens (including phenoxy) is 1. The highest BCUT2D eigenvalue weighted by molar-refractivity contribution is 5.37. The van der Waals surface area contributed by atoms with E-state index in [-0.39, 0.29) is 5.54 Å². The molecule has 1 aliphatic rings. The Hall–Kier alpha value is -1.06. The van der Waals surface area contributed by atoms with Gasteiger partial charge in [0.25, 0.3) is 0 Å². The minimum Gasteiger partial charge on any atom is -0.492 e. The Labute approximate surface area is 116 Å². The number of rotatable bonds is 5. The smallest absolute Gasteiger partial charge is 0.119 e. The first-order valence-electron chi connectivity index (χ1n) is 7.17. The maximum atomic E-state index is 5.97. The first kappa shape index (κ1) is 14.4. The van der Waals surface area contributed by atoms with E-state index in [4.69, 9.17) is 10.5 Å². The van der Waals surface area contributed by atoms with E-state index >= 15 is 0 Å². The second kappa shape index (κ2) is 5.93. The van der Waals surface area contributed by atoms with E-state index in [1.165, 1.54) is 36.8 Å². The Morgan fingerprint density at radius 2 is 1.89 bits per heavy atom. The summed E-state index contributed by atoms with van der Waals surface area (Å²) in [5.74, 6) is 0.974. The minimum absolute atomic E-state index is 0.115. The van der Waals surface area contributed by atoms with Gasteiger partial charge < -0.3 is 10.5 Å². The Morgan fingerprint density at radius 1 is 1.21 bits per heavy atom. The highest BCUT2D eigenvalue weighted by Crippen LogP contribution is 2.26. The lowest BCUT2D eigenvalue weighted by atomic mass is 9.92. The molecule has 0 radical (unpaired) electrons. The number of hydrogen-bond acceptors (Lipinski definition) is 3. The van der Waals surface area contributed by atoms with E-state index in [9.17, 15) is 0 Å². The van der Waals surface area contributed by atoms with Crippen LogP contribution in [0.4, 0.5) is 0 Å². The number of hydrogen-bond donors (Lipinski definition) is 1. The Kier molecular flexibility index (Phi) is 4.48. The molecule has 3 nitrogen and oxygen atoms in total. The summed E-state index contributed by atoms with van der Waals surface area (Å²) in [6, 6.07) is 6.52. The summed E-state index contributed by atoms with van der Waals surface area (Å²) in [5, 5.41) is 0. The van der Waals surface area contributed by atoms with Gasteiger partial charge >= 0.3 is 0 Å². The largest absolute Gasteiger partial charge is 0.492 e. The molecule has 0 heterocycles. The van der Waals surface area contributed by atoms with Crippen molar-refractivity contribution in [3.05, 3.63) is 29.3 Å². The van der Waals surface area contributed by atoms with E-state index in [1.54, 1.807) is 0 Å². The zero-order chi connectivity index (χ0) is 13.9. The second-order valence-electron chi connectivity index (χ2n) is 6.02. The SMILES string of the molecule is CN(C)C(C)(CN)COc1ccc2c(c1)CCCC2. The molecule has 1 aromatic carbocycles. The van der Waals surface area contributed by atoms with Crippen LogP contribution in [0.2, 0.25) is 0 Å². The number of nitrogens with two attached hydrogens (primary N) is 1. The molecule has 0 saturated heterocycles. The first-order valence-corrected chi connectivity index (χ1v) is 7.17. The molecule has 106 valence electrons. The van der Waals surface area contributed by atoms with Gasteiger partial charge in [0.05, 0.1) is 5.54 Å². The van der Waals surface area contributed by atoms with E-state index in [1.807, 2.05) is 14.1 Å². The molecule has 3 heteroatoms. The molecule has 0 saturated carbocycles. The predicted molar refractivity (Wildman–Crippen MR) is 79.7 cm³/mol. The lowest BCUT2D eigenvalue weighted by Crippen LogP contribution is -2.52. The van der Waals surface area contributed by atoms with E-state index < -0.39 is 0 Å². The molecule has 2 N–H and O–H groups in total. The third-order valence-corrected chi connectivity index (χ3v) is 4.39. The fourth-order valence-electron chi connectivity index (χ4n) is 2.41. The number of nitrogens with zero attached hydrogens (tertiary/aromatic N) is 1. The molecule has 1 atom stereocenters. The van der Waals surface area contributed by atoms with Crippen LogP contribution < -0.4 is 10.5 Å². The maximum absolute atomic E-state index is 5.97. The van der Waals surface area contributed by atoms with E-state index in [2.05, 4.69) is 30.0 Å². The van der Waals surface area contributed by atoms with E-state index in [0.717, 1.165) is 5.75 Å². The first-order chi connectivity index (χ1) is 9.05. The monoisotopic (exact) mass is 262 g/mol. The molecule has 1 aliphatic carbocycles. The third-order valence-electron chi connectivity index (χ3n) is 4.39. The van der Waals surface area contributed by atoms with E-state index in [0.29, 0.717) is 13.2 Å². The molecular weight excluding hydrogens is 236 g/mol. The predicted octanol–water partition coefficient (Wildman–Crippen LogP) is 2.22. The van der Waals surface area contributed by atoms with Crippen molar-refractivity contribution in [2.45, 2.75) is 38.1 Å². The summed E-state index contributed by atoms with van der Waals surface area (Å²) in [7, 11) is 4.09. The Morgan fingerprint density at radius 3 is 2.53 bits per heavy atom. The van der Waals surface area contributed by atoms with Gasteiger partial charge in [0, 0.05) is 6.54 Å². The second-order valence-corrected chi connectivity index (χ2v) is 6.02. The molecule has 2 rings (SSSR count). The summed E-state index contributed by atoms with van der Waals surface area (Å²) in [6.07, 6.45) is 5.02. The molecular formula is C16H26N2O. The number of fused-ring (bicyclic) bond motifs is 1. The number of benzene rings is 1. The van der Waals surface area contributed by atoms with Crippen LogP contribution in [-0.2, 0) is 12.8 Å². The summed E-state index contributed by atoms with van der Waals surface area (Å²) < 4.78 is 5.97. The Bertz CT molecular complexity index is 431. The average Bonchev–Trinajstić information content (AvgIpc) is 2.44. The van der Waals surface area contributed by atoms with Crippen LogP contribution in [-0.4, -0.2) is 37.7 Å². The fourth-order valence-corrected chi connectivity index (χ4v) is 2.41. The third kappa shape index (κ3) is 3.28. The van der Waals surface area contributed by atoms with Crippen LogP contribution >= 0.6 is 0 Å². The van der Waals surface area contributed by atoms with Crippen molar-refractivity contribution in [1.29, 1.82) is 0 Å². The minimum atomic E-state index is -0.115. The summed E-state index contributed by atoms with van der Waals surface area (Å²) in [6.45, 7) is 3.34. The quantitative estimate of drug-likeness (QED) is 0.884. The van der Waals surface area contributed by atoms with Crippen molar-refractivity contribution >= 4 is 0 Å². The van der Waals surface area contributed by atoms with Crippen LogP contribution in [0, 0.1) is 0 Å². The van der Waals surface area contributed by atoms with Gasteiger partial charge in [-0.1, -0.05) is 6.07 Å². The highest BCUT2D eigenvalue weighted by atomic mass is 16.5. The van der Waals surface area contributed by atoms with Gasteiger partial charge in [-0.05, 0) is 70.0 Å². The molecule has 0 aromatic heterocycles. The summed E-state index contributed by atoms with van der Waals surface area (Å²) in [4.78, 5) is 2.13. The van der Waals surface area contributed by atoms with Crippen molar-refractivity contribution in [2.75, 3.05) is 27.2 Å². The van der Waals surface area contributed by atoms with Crippen molar-refractivity contribution in [3.63, 3.8) is 0 Å². The normalized spacial score (nSPS) is 17.9. The maximum Gasteiger partial charge on any atom is 0.119 e. The highest BCUT2D eigenvalue weighted by Gasteiger charge is 2.26.